The van der Waals surface area contributed by atoms with Crippen LogP contribution in [0.3, 0.4) is 0 Å². The molecule has 0 spiro atoms. The van der Waals surface area contributed by atoms with E-state index in [0.29, 0.717) is 17.8 Å². The highest BCUT2D eigenvalue weighted by molar-refractivity contribution is 7.89. The lowest BCUT2D eigenvalue weighted by molar-refractivity contribution is -0.118. The minimum absolute atomic E-state index is 0. The lowest BCUT2D eigenvalue weighted by Crippen LogP contribution is -2.38. The highest BCUT2D eigenvalue weighted by Gasteiger charge is 2.24. The van der Waals surface area contributed by atoms with Crippen LogP contribution in [0.25, 0.3) is 0 Å². The molecule has 0 aliphatic carbocycles. The molecule has 28 heavy (non-hydrogen) atoms. The van der Waals surface area contributed by atoms with Crippen molar-refractivity contribution in [3.05, 3.63) is 53.1 Å². The third-order valence-corrected chi connectivity index (χ3v) is 6.46. The zero-order valence-corrected chi connectivity index (χ0v) is 17.7. The van der Waals surface area contributed by atoms with Crippen LogP contribution in [0.15, 0.2) is 41.3 Å². The molecule has 0 atom stereocenters. The van der Waals surface area contributed by atoms with Gasteiger partial charge in [-0.15, -0.1) is 12.4 Å². The highest BCUT2D eigenvalue weighted by Crippen LogP contribution is 2.31. The Kier molecular flexibility index (Phi) is 7.09. The number of halogens is 1. The van der Waals surface area contributed by atoms with Gasteiger partial charge < -0.3 is 10.6 Å². The topological polar surface area (TPSA) is 92.5 Å². The maximum absolute atomic E-state index is 12.7. The minimum atomic E-state index is -3.65. The van der Waals surface area contributed by atoms with Crippen molar-refractivity contribution < 1.29 is 13.2 Å². The van der Waals surface area contributed by atoms with Gasteiger partial charge in [-0.3, -0.25) is 4.79 Å². The number of anilines is 2. The van der Waals surface area contributed by atoms with E-state index in [1.165, 1.54) is 0 Å². The Bertz CT molecular complexity index is 977. The van der Waals surface area contributed by atoms with Crippen LogP contribution >= 0.6 is 12.4 Å². The number of amides is 1. The molecule has 1 heterocycles. The second-order valence-corrected chi connectivity index (χ2v) is 8.65. The SMILES string of the molecule is Cc1ccc(C)c(S(=O)(=O)NCCC(=O)N2CCCc3c(N)cccc32)c1.Cl. The molecule has 2 aromatic rings. The summed E-state index contributed by atoms with van der Waals surface area (Å²) in [5, 5.41) is 0. The predicted octanol–water partition coefficient (Wildman–Crippen LogP) is 2.96. The quantitative estimate of drug-likeness (QED) is 0.723. The van der Waals surface area contributed by atoms with E-state index < -0.39 is 10.0 Å². The van der Waals surface area contributed by atoms with Gasteiger partial charge in [0.15, 0.2) is 0 Å². The normalized spacial score (nSPS) is 13.6. The summed E-state index contributed by atoms with van der Waals surface area (Å²) >= 11 is 0. The lowest BCUT2D eigenvalue weighted by atomic mass is 9.99. The van der Waals surface area contributed by atoms with E-state index >= 15 is 0 Å². The first-order valence-electron chi connectivity index (χ1n) is 9.04. The summed E-state index contributed by atoms with van der Waals surface area (Å²) in [6, 6.07) is 10.9. The van der Waals surface area contributed by atoms with Crippen molar-refractivity contribution in [3.8, 4) is 0 Å². The molecule has 8 heteroatoms. The summed E-state index contributed by atoms with van der Waals surface area (Å²) in [7, 11) is -3.65. The number of carbonyl (C=O) groups is 1. The number of sulfonamides is 1. The molecule has 3 rings (SSSR count). The molecule has 0 bridgehead atoms. The number of aryl methyl sites for hydroxylation is 2. The Morgan fingerprint density at radius 2 is 1.96 bits per heavy atom. The number of rotatable bonds is 5. The van der Waals surface area contributed by atoms with Gasteiger partial charge >= 0.3 is 0 Å². The van der Waals surface area contributed by atoms with Crippen molar-refractivity contribution in [3.63, 3.8) is 0 Å². The standard InChI is InChI=1S/C20H25N3O3S.ClH/c1-14-8-9-15(2)19(13-14)27(25,26)22-11-10-20(24)23-12-4-5-16-17(21)6-3-7-18(16)23;/h3,6-9,13,22H,4-5,10-12,21H2,1-2H3;1H. The number of nitrogens with zero attached hydrogens (tertiary/aromatic N) is 1. The van der Waals surface area contributed by atoms with Crippen molar-refractivity contribution in [2.24, 2.45) is 0 Å². The summed E-state index contributed by atoms with van der Waals surface area (Å²) < 4.78 is 27.7. The molecule has 1 amide bonds. The van der Waals surface area contributed by atoms with Crippen LogP contribution in [0.5, 0.6) is 0 Å². The molecule has 1 aliphatic heterocycles. The zero-order chi connectivity index (χ0) is 19.6. The first-order valence-corrected chi connectivity index (χ1v) is 10.5. The van der Waals surface area contributed by atoms with Crippen molar-refractivity contribution in [2.75, 3.05) is 23.7 Å². The summed E-state index contributed by atoms with van der Waals surface area (Å²) in [4.78, 5) is 14.6. The molecule has 2 aromatic carbocycles. The van der Waals surface area contributed by atoms with Crippen LogP contribution in [0.2, 0.25) is 0 Å². The highest BCUT2D eigenvalue weighted by atomic mass is 35.5. The third kappa shape index (κ3) is 4.66. The fourth-order valence-corrected chi connectivity index (χ4v) is 4.77. The number of carbonyl (C=O) groups excluding carboxylic acids is 1. The van der Waals surface area contributed by atoms with Crippen molar-refractivity contribution in [2.45, 2.75) is 38.0 Å². The predicted molar refractivity (Wildman–Crippen MR) is 114 cm³/mol. The fourth-order valence-electron chi connectivity index (χ4n) is 3.41. The summed E-state index contributed by atoms with van der Waals surface area (Å²) in [6.07, 6.45) is 1.80. The van der Waals surface area contributed by atoms with E-state index in [9.17, 15) is 13.2 Å². The van der Waals surface area contributed by atoms with E-state index in [2.05, 4.69) is 4.72 Å². The van der Waals surface area contributed by atoms with Gasteiger partial charge in [0.05, 0.1) is 4.90 Å². The summed E-state index contributed by atoms with van der Waals surface area (Å²) in [5.41, 5.74) is 10.1. The van der Waals surface area contributed by atoms with Crippen molar-refractivity contribution in [1.29, 1.82) is 0 Å². The van der Waals surface area contributed by atoms with E-state index in [4.69, 9.17) is 5.73 Å². The maximum Gasteiger partial charge on any atom is 0.240 e. The molecule has 152 valence electrons. The average molecular weight is 424 g/mol. The number of nitrogens with one attached hydrogen (secondary N) is 1. The van der Waals surface area contributed by atoms with Crippen LogP contribution in [-0.2, 0) is 21.2 Å². The van der Waals surface area contributed by atoms with E-state index in [1.54, 1.807) is 24.0 Å². The minimum Gasteiger partial charge on any atom is -0.398 e. The second-order valence-electron chi connectivity index (χ2n) is 6.91. The number of fused-ring (bicyclic) bond motifs is 1. The molecule has 0 saturated heterocycles. The van der Waals surface area contributed by atoms with Gasteiger partial charge in [-0.2, -0.15) is 0 Å². The maximum atomic E-state index is 12.7. The number of benzene rings is 2. The largest absolute Gasteiger partial charge is 0.398 e. The molecule has 6 nitrogen and oxygen atoms in total. The van der Waals surface area contributed by atoms with Crippen molar-refractivity contribution in [1.82, 2.24) is 4.72 Å². The van der Waals surface area contributed by atoms with Crippen LogP contribution in [-0.4, -0.2) is 27.4 Å². The van der Waals surface area contributed by atoms with Crippen LogP contribution < -0.4 is 15.4 Å². The molecule has 0 aromatic heterocycles. The van der Waals surface area contributed by atoms with Gasteiger partial charge in [0.2, 0.25) is 15.9 Å². The van der Waals surface area contributed by atoms with E-state index in [1.807, 2.05) is 31.2 Å². The Labute approximate surface area is 172 Å². The molecule has 3 N–H and O–H groups in total. The Morgan fingerprint density at radius 1 is 1.21 bits per heavy atom. The van der Waals surface area contributed by atoms with E-state index in [-0.39, 0.29) is 36.2 Å². The first-order chi connectivity index (χ1) is 12.8. The van der Waals surface area contributed by atoms with Gasteiger partial charge in [-0.1, -0.05) is 18.2 Å². The van der Waals surface area contributed by atoms with Crippen LogP contribution in [0, 0.1) is 13.8 Å². The van der Waals surface area contributed by atoms with Crippen molar-refractivity contribution >= 4 is 39.7 Å². The van der Waals surface area contributed by atoms with E-state index in [0.717, 1.165) is 29.7 Å². The lowest BCUT2D eigenvalue weighted by Gasteiger charge is -2.30. The summed E-state index contributed by atoms with van der Waals surface area (Å²) in [6.45, 7) is 4.29. The number of nitrogen functional groups attached to an aromatic ring is 1. The van der Waals surface area contributed by atoms with Gasteiger partial charge in [-0.05, 0) is 61.6 Å². The van der Waals surface area contributed by atoms with Crippen LogP contribution in [0.1, 0.15) is 29.5 Å². The molecule has 0 saturated carbocycles. The second kappa shape index (κ2) is 8.94. The summed E-state index contributed by atoms with van der Waals surface area (Å²) in [5.74, 6) is -0.106. The first kappa shape index (κ1) is 22.2. The number of hydrogen-bond donors (Lipinski definition) is 2. The molecule has 1 aliphatic rings. The number of nitrogens with two attached hydrogens (primary N) is 1. The molecule has 0 fully saturated rings. The molecular weight excluding hydrogens is 398 g/mol. The van der Waals surface area contributed by atoms with Gasteiger partial charge in [0.25, 0.3) is 0 Å². The molecule has 0 radical (unpaired) electrons. The Morgan fingerprint density at radius 3 is 2.71 bits per heavy atom. The Balaban J connectivity index is 0.00000280. The van der Waals surface area contributed by atoms with Gasteiger partial charge in [-0.25, -0.2) is 13.1 Å². The average Bonchev–Trinajstić information content (AvgIpc) is 2.63. The third-order valence-electron chi connectivity index (χ3n) is 4.85. The number of hydrogen-bond acceptors (Lipinski definition) is 4. The zero-order valence-electron chi connectivity index (χ0n) is 16.1. The molecule has 0 unspecified atom stereocenters. The molecular formula is C20H26ClN3O3S. The monoisotopic (exact) mass is 423 g/mol. The fraction of sp³-hybridized carbons (Fsp3) is 0.350. The Hall–Kier alpha value is -2.09. The van der Waals surface area contributed by atoms with Crippen LogP contribution in [0.4, 0.5) is 11.4 Å². The van der Waals surface area contributed by atoms with Gasteiger partial charge in [0.1, 0.15) is 0 Å². The van der Waals surface area contributed by atoms with Gasteiger partial charge in [0, 0.05) is 30.9 Å². The smallest absolute Gasteiger partial charge is 0.240 e.